The van der Waals surface area contributed by atoms with E-state index in [1.54, 1.807) is 11.3 Å². The molecule has 1 aliphatic rings. The second kappa shape index (κ2) is 10.1. The van der Waals surface area contributed by atoms with Crippen molar-refractivity contribution in [3.05, 3.63) is 39.7 Å². The van der Waals surface area contributed by atoms with Crippen LogP contribution in [0.15, 0.2) is 26.9 Å². The largest absolute Gasteiger partial charge is 0.464 e. The highest BCUT2D eigenvalue weighted by molar-refractivity contribution is 7.09. The van der Waals surface area contributed by atoms with Gasteiger partial charge in [0.05, 0.1) is 16.7 Å². The Bertz CT molecular complexity index is 760. The average Bonchev–Trinajstić information content (AvgIpc) is 3.29. The predicted octanol–water partition coefficient (Wildman–Crippen LogP) is 3.88. The summed E-state index contributed by atoms with van der Waals surface area (Å²) in [4.78, 5) is 11.9. The number of guanidine groups is 1. The molecule has 28 heavy (non-hydrogen) atoms. The Morgan fingerprint density at radius 2 is 2.14 bits per heavy atom. The van der Waals surface area contributed by atoms with Gasteiger partial charge in [-0.3, -0.25) is 9.89 Å². The van der Waals surface area contributed by atoms with Crippen LogP contribution >= 0.6 is 11.3 Å². The van der Waals surface area contributed by atoms with Crippen LogP contribution < -0.4 is 10.6 Å². The normalized spacial score (nSPS) is 17.6. The number of aromatic nitrogens is 1. The van der Waals surface area contributed by atoms with E-state index in [9.17, 15) is 0 Å². The number of furan rings is 1. The molecule has 0 amide bonds. The average molecular weight is 404 g/mol. The first-order valence-corrected chi connectivity index (χ1v) is 11.2. The molecule has 0 saturated carbocycles. The molecule has 7 heteroatoms. The van der Waals surface area contributed by atoms with Gasteiger partial charge in [0.25, 0.3) is 0 Å². The predicted molar refractivity (Wildman–Crippen MR) is 116 cm³/mol. The molecule has 2 aromatic heterocycles. The summed E-state index contributed by atoms with van der Waals surface area (Å²) in [5.41, 5.74) is 1.21. The van der Waals surface area contributed by atoms with Crippen LogP contribution in [0, 0.1) is 19.8 Å². The maximum Gasteiger partial charge on any atom is 0.191 e. The highest BCUT2D eigenvalue weighted by Gasteiger charge is 2.20. The molecule has 0 aliphatic carbocycles. The van der Waals surface area contributed by atoms with Crippen molar-refractivity contribution in [2.24, 2.45) is 10.9 Å². The number of hydrogen-bond donors (Lipinski definition) is 2. The van der Waals surface area contributed by atoms with Crippen LogP contribution in [0.4, 0.5) is 0 Å². The molecule has 1 aliphatic heterocycles. The Balaban J connectivity index is 1.47. The molecule has 154 valence electrons. The van der Waals surface area contributed by atoms with Gasteiger partial charge in [0.2, 0.25) is 0 Å². The van der Waals surface area contributed by atoms with E-state index in [2.05, 4.69) is 46.7 Å². The summed E-state index contributed by atoms with van der Waals surface area (Å²) < 4.78 is 5.73. The number of rotatable bonds is 7. The van der Waals surface area contributed by atoms with Crippen LogP contribution in [0.3, 0.4) is 0 Å². The van der Waals surface area contributed by atoms with Crippen molar-refractivity contribution in [2.75, 3.05) is 26.2 Å². The van der Waals surface area contributed by atoms with E-state index >= 15 is 0 Å². The lowest BCUT2D eigenvalue weighted by molar-refractivity contribution is 0.179. The number of aryl methyl sites for hydroxylation is 2. The standard InChI is InChI=1S/C21H33N5OS/c1-5-22-21(24-16(3)20-7-6-15(2)27-20)23-12-18-8-10-26(11-9-18)13-19-14-28-17(4)25-19/h6-7,14,16,18H,5,8-13H2,1-4H3,(H2,22,23,24). The molecule has 3 heterocycles. The first-order chi connectivity index (χ1) is 13.5. The van der Waals surface area contributed by atoms with E-state index in [0.717, 1.165) is 55.2 Å². The Labute approximate surface area is 172 Å². The van der Waals surface area contributed by atoms with Gasteiger partial charge in [0.1, 0.15) is 11.5 Å². The number of thiazole rings is 1. The van der Waals surface area contributed by atoms with Gasteiger partial charge in [-0.2, -0.15) is 0 Å². The van der Waals surface area contributed by atoms with E-state index < -0.39 is 0 Å². The first-order valence-electron chi connectivity index (χ1n) is 10.3. The van der Waals surface area contributed by atoms with Gasteiger partial charge in [-0.05, 0) is 71.7 Å². The zero-order valence-corrected chi connectivity index (χ0v) is 18.3. The fraction of sp³-hybridized carbons (Fsp3) is 0.619. The third-order valence-corrected chi connectivity index (χ3v) is 5.97. The van der Waals surface area contributed by atoms with Gasteiger partial charge in [0.15, 0.2) is 5.96 Å². The summed E-state index contributed by atoms with van der Waals surface area (Å²) >= 11 is 1.74. The number of hydrogen-bond acceptors (Lipinski definition) is 5. The Morgan fingerprint density at radius 1 is 1.36 bits per heavy atom. The van der Waals surface area contributed by atoms with E-state index in [0.29, 0.717) is 5.92 Å². The van der Waals surface area contributed by atoms with Crippen LogP contribution in [0.25, 0.3) is 0 Å². The van der Waals surface area contributed by atoms with Gasteiger partial charge in [0, 0.05) is 25.0 Å². The third kappa shape index (κ3) is 6.07. The molecule has 1 unspecified atom stereocenters. The number of piperidine rings is 1. The van der Waals surface area contributed by atoms with Crippen LogP contribution in [0.2, 0.25) is 0 Å². The molecule has 6 nitrogen and oxygen atoms in total. The van der Waals surface area contributed by atoms with Crippen LogP contribution in [0.5, 0.6) is 0 Å². The molecule has 1 saturated heterocycles. The topological polar surface area (TPSA) is 65.7 Å². The molecule has 0 spiro atoms. The summed E-state index contributed by atoms with van der Waals surface area (Å²) in [6, 6.07) is 4.11. The smallest absolute Gasteiger partial charge is 0.191 e. The van der Waals surface area contributed by atoms with Crippen molar-refractivity contribution in [3.8, 4) is 0 Å². The Hall–Kier alpha value is -1.86. The van der Waals surface area contributed by atoms with Crippen LogP contribution in [0.1, 0.15) is 55.0 Å². The summed E-state index contributed by atoms with van der Waals surface area (Å²) in [7, 11) is 0. The zero-order chi connectivity index (χ0) is 19.9. The fourth-order valence-electron chi connectivity index (χ4n) is 3.54. The molecular formula is C21H33N5OS. The molecule has 0 aromatic carbocycles. The minimum atomic E-state index is 0.0925. The lowest BCUT2D eigenvalue weighted by Gasteiger charge is -2.30. The van der Waals surface area contributed by atoms with Gasteiger partial charge < -0.3 is 15.1 Å². The number of likely N-dealkylation sites (tertiary alicyclic amines) is 1. The Morgan fingerprint density at radius 3 is 2.75 bits per heavy atom. The second-order valence-corrected chi connectivity index (χ2v) is 8.67. The summed E-state index contributed by atoms with van der Waals surface area (Å²) in [5, 5.41) is 10.1. The van der Waals surface area contributed by atoms with E-state index in [1.165, 1.54) is 18.5 Å². The zero-order valence-electron chi connectivity index (χ0n) is 17.5. The Kier molecular flexibility index (Phi) is 7.50. The van der Waals surface area contributed by atoms with Crippen molar-refractivity contribution in [3.63, 3.8) is 0 Å². The van der Waals surface area contributed by atoms with Crippen molar-refractivity contribution in [2.45, 2.75) is 53.1 Å². The van der Waals surface area contributed by atoms with E-state index in [4.69, 9.17) is 9.41 Å². The van der Waals surface area contributed by atoms with Gasteiger partial charge >= 0.3 is 0 Å². The van der Waals surface area contributed by atoms with E-state index in [1.807, 2.05) is 19.1 Å². The van der Waals surface area contributed by atoms with Gasteiger partial charge in [-0.1, -0.05) is 0 Å². The molecule has 0 radical (unpaired) electrons. The minimum Gasteiger partial charge on any atom is -0.464 e. The lowest BCUT2D eigenvalue weighted by atomic mass is 9.97. The second-order valence-electron chi connectivity index (χ2n) is 7.61. The van der Waals surface area contributed by atoms with Crippen molar-refractivity contribution < 1.29 is 4.42 Å². The molecular weight excluding hydrogens is 370 g/mol. The molecule has 1 fully saturated rings. The summed E-state index contributed by atoms with van der Waals surface area (Å²) in [6.07, 6.45) is 2.39. The SMILES string of the molecule is CCNC(=NCC1CCN(Cc2csc(C)n2)CC1)NC(C)c1ccc(C)o1. The van der Waals surface area contributed by atoms with Crippen LogP contribution in [-0.4, -0.2) is 42.0 Å². The van der Waals surface area contributed by atoms with E-state index in [-0.39, 0.29) is 6.04 Å². The van der Waals surface area contributed by atoms with Crippen molar-refractivity contribution in [1.29, 1.82) is 0 Å². The number of nitrogens with one attached hydrogen (secondary N) is 2. The highest BCUT2D eigenvalue weighted by Crippen LogP contribution is 2.20. The van der Waals surface area contributed by atoms with Gasteiger partial charge in [-0.25, -0.2) is 4.98 Å². The van der Waals surface area contributed by atoms with Crippen molar-refractivity contribution in [1.82, 2.24) is 20.5 Å². The molecule has 2 N–H and O–H groups in total. The monoisotopic (exact) mass is 403 g/mol. The fourth-order valence-corrected chi connectivity index (χ4v) is 4.14. The van der Waals surface area contributed by atoms with Crippen molar-refractivity contribution >= 4 is 17.3 Å². The maximum absolute atomic E-state index is 5.73. The first kappa shape index (κ1) is 20.9. The quantitative estimate of drug-likeness (QED) is 0.542. The molecule has 2 aromatic rings. The lowest BCUT2D eigenvalue weighted by Crippen LogP contribution is -2.39. The number of nitrogens with zero attached hydrogens (tertiary/aromatic N) is 3. The molecule has 3 rings (SSSR count). The van der Waals surface area contributed by atoms with Gasteiger partial charge in [-0.15, -0.1) is 11.3 Å². The maximum atomic E-state index is 5.73. The summed E-state index contributed by atoms with van der Waals surface area (Å²) in [5.74, 6) is 3.38. The third-order valence-electron chi connectivity index (χ3n) is 5.15. The minimum absolute atomic E-state index is 0.0925. The molecule has 1 atom stereocenters. The molecule has 0 bridgehead atoms. The number of aliphatic imine (C=N–C) groups is 1. The van der Waals surface area contributed by atoms with Crippen LogP contribution in [-0.2, 0) is 6.54 Å². The highest BCUT2D eigenvalue weighted by atomic mass is 32.1. The summed E-state index contributed by atoms with van der Waals surface area (Å²) in [6.45, 7) is 13.2.